The van der Waals surface area contributed by atoms with Crippen molar-refractivity contribution in [3.63, 3.8) is 0 Å². The highest BCUT2D eigenvalue weighted by Crippen LogP contribution is 2.25. The van der Waals surface area contributed by atoms with E-state index < -0.39 is 16.0 Å². The van der Waals surface area contributed by atoms with Crippen molar-refractivity contribution in [3.05, 3.63) is 0 Å². The zero-order chi connectivity index (χ0) is 8.54. The van der Waals surface area contributed by atoms with E-state index in [1.54, 1.807) is 0 Å². The summed E-state index contributed by atoms with van der Waals surface area (Å²) in [5.41, 5.74) is 0. The lowest BCUT2D eigenvalue weighted by Gasteiger charge is -2.14. The van der Waals surface area contributed by atoms with Crippen LogP contribution in [0.15, 0.2) is 0 Å². The van der Waals surface area contributed by atoms with Gasteiger partial charge in [0.2, 0.25) is 0 Å². The summed E-state index contributed by atoms with van der Waals surface area (Å²) in [5, 5.41) is 0. The van der Waals surface area contributed by atoms with Crippen LogP contribution in [0, 0.1) is 0 Å². The molecule has 0 saturated carbocycles. The Morgan fingerprint density at radius 1 is 1.64 bits per heavy atom. The van der Waals surface area contributed by atoms with Crippen molar-refractivity contribution in [1.29, 1.82) is 0 Å². The number of halogens is 1. The summed E-state index contributed by atoms with van der Waals surface area (Å²) >= 11 is 0. The highest BCUT2D eigenvalue weighted by Gasteiger charge is 2.39. The molecule has 66 valence electrons. The summed E-state index contributed by atoms with van der Waals surface area (Å²) in [6, 6.07) is 0. The van der Waals surface area contributed by atoms with E-state index in [2.05, 4.69) is 8.92 Å². The van der Waals surface area contributed by atoms with Crippen molar-refractivity contribution in [1.82, 2.24) is 0 Å². The van der Waals surface area contributed by atoms with Crippen LogP contribution in [-0.4, -0.2) is 33.7 Å². The summed E-state index contributed by atoms with van der Waals surface area (Å²) < 4.78 is 42.8. The summed E-state index contributed by atoms with van der Waals surface area (Å²) in [6.07, 6.45) is 0.784. The van der Waals surface area contributed by atoms with Crippen molar-refractivity contribution < 1.29 is 21.7 Å². The Kier molecular flexibility index (Phi) is 2.17. The number of hydrogen-bond acceptors (Lipinski definition) is 4. The van der Waals surface area contributed by atoms with Gasteiger partial charge >= 0.3 is 0 Å². The molecule has 0 aliphatic carbocycles. The molecule has 4 nitrogen and oxygen atoms in total. The third-order valence-electron chi connectivity index (χ3n) is 1.24. The number of hydrogen-bond donors (Lipinski definition) is 0. The molecule has 0 N–H and O–H groups in total. The van der Waals surface area contributed by atoms with E-state index >= 15 is 0 Å². The fourth-order valence-electron chi connectivity index (χ4n) is 0.858. The standard InChI is InChI=1S/C5H9FO4S/c1-11(7,8)10-5(6)2-3-9-4-5/h2-4H2,1H3. The van der Waals surface area contributed by atoms with Gasteiger partial charge in [-0.1, -0.05) is 0 Å². The van der Waals surface area contributed by atoms with Crippen molar-refractivity contribution in [2.45, 2.75) is 12.3 Å². The second-order valence-electron chi connectivity index (χ2n) is 2.47. The van der Waals surface area contributed by atoms with Gasteiger partial charge in [-0.15, -0.1) is 0 Å². The van der Waals surface area contributed by atoms with Crippen LogP contribution < -0.4 is 0 Å². The van der Waals surface area contributed by atoms with Crippen molar-refractivity contribution in [2.75, 3.05) is 19.5 Å². The molecule has 0 aromatic heterocycles. The molecule has 0 spiro atoms. The van der Waals surface area contributed by atoms with E-state index in [0.717, 1.165) is 6.26 Å². The van der Waals surface area contributed by atoms with Gasteiger partial charge in [-0.2, -0.15) is 8.42 Å². The highest BCUT2D eigenvalue weighted by atomic mass is 32.2. The summed E-state index contributed by atoms with van der Waals surface area (Å²) in [4.78, 5) is 0. The number of alkyl halides is 1. The first-order valence-corrected chi connectivity index (χ1v) is 4.90. The first-order chi connectivity index (χ1) is 4.91. The Morgan fingerprint density at radius 2 is 2.27 bits per heavy atom. The van der Waals surface area contributed by atoms with Crippen LogP contribution >= 0.6 is 0 Å². The van der Waals surface area contributed by atoms with Crippen molar-refractivity contribution >= 4 is 10.1 Å². The van der Waals surface area contributed by atoms with Crippen molar-refractivity contribution in [3.8, 4) is 0 Å². The molecule has 1 rings (SSSR count). The molecule has 0 amide bonds. The van der Waals surface area contributed by atoms with Crippen LogP contribution in [0.25, 0.3) is 0 Å². The van der Waals surface area contributed by atoms with Gasteiger partial charge in [0.1, 0.15) is 6.61 Å². The average Bonchev–Trinajstić information content (AvgIpc) is 2.09. The first-order valence-electron chi connectivity index (χ1n) is 3.09. The molecular formula is C5H9FO4S. The zero-order valence-corrected chi connectivity index (χ0v) is 6.86. The molecule has 11 heavy (non-hydrogen) atoms. The quantitative estimate of drug-likeness (QED) is 0.569. The summed E-state index contributed by atoms with van der Waals surface area (Å²) in [5.74, 6) is -2.13. The average molecular weight is 184 g/mol. The third kappa shape index (κ3) is 2.72. The lowest BCUT2D eigenvalue weighted by atomic mass is 10.3. The molecule has 6 heteroatoms. The van der Waals surface area contributed by atoms with Gasteiger partial charge in [0.05, 0.1) is 12.9 Å². The second kappa shape index (κ2) is 2.69. The molecule has 0 bridgehead atoms. The van der Waals surface area contributed by atoms with Gasteiger partial charge in [0, 0.05) is 6.42 Å². The minimum atomic E-state index is -3.72. The molecule has 1 unspecified atom stereocenters. The van der Waals surface area contributed by atoms with Crippen LogP contribution in [0.3, 0.4) is 0 Å². The minimum Gasteiger partial charge on any atom is -0.375 e. The lowest BCUT2D eigenvalue weighted by Crippen LogP contribution is -2.29. The van der Waals surface area contributed by atoms with Gasteiger partial charge in [-0.3, -0.25) is 0 Å². The smallest absolute Gasteiger partial charge is 0.267 e. The van der Waals surface area contributed by atoms with Crippen LogP contribution in [0.4, 0.5) is 4.39 Å². The lowest BCUT2D eigenvalue weighted by molar-refractivity contribution is -0.0585. The SMILES string of the molecule is CS(=O)(=O)OC1(F)CCOC1. The fourth-order valence-corrected chi connectivity index (χ4v) is 1.53. The zero-order valence-electron chi connectivity index (χ0n) is 6.04. The minimum absolute atomic E-state index is 0.0277. The Labute approximate surface area is 64.4 Å². The van der Waals surface area contributed by atoms with E-state index in [9.17, 15) is 12.8 Å². The maximum absolute atomic E-state index is 13.1. The van der Waals surface area contributed by atoms with Gasteiger partial charge in [0.15, 0.2) is 0 Å². The van der Waals surface area contributed by atoms with Gasteiger partial charge in [-0.25, -0.2) is 8.57 Å². The van der Waals surface area contributed by atoms with Crippen molar-refractivity contribution in [2.24, 2.45) is 0 Å². The maximum Gasteiger partial charge on any atom is 0.267 e. The molecule has 1 saturated heterocycles. The predicted molar refractivity (Wildman–Crippen MR) is 35.2 cm³/mol. The monoisotopic (exact) mass is 184 g/mol. The van der Waals surface area contributed by atoms with E-state index in [1.165, 1.54) is 0 Å². The molecule has 0 radical (unpaired) electrons. The normalized spacial score (nSPS) is 32.5. The highest BCUT2D eigenvalue weighted by molar-refractivity contribution is 7.86. The largest absolute Gasteiger partial charge is 0.375 e. The number of ether oxygens (including phenoxy) is 1. The first kappa shape index (κ1) is 8.89. The summed E-state index contributed by atoms with van der Waals surface area (Å²) in [7, 11) is -3.72. The predicted octanol–water partition coefficient (Wildman–Crippen LogP) is 0.0487. The fraction of sp³-hybridized carbons (Fsp3) is 1.00. The Balaban J connectivity index is 2.60. The maximum atomic E-state index is 13.1. The molecule has 1 fully saturated rings. The van der Waals surface area contributed by atoms with Gasteiger partial charge in [-0.05, 0) is 0 Å². The van der Waals surface area contributed by atoms with Crippen LogP contribution in [0.2, 0.25) is 0 Å². The second-order valence-corrected chi connectivity index (χ2v) is 4.05. The molecule has 1 aliphatic rings. The molecular weight excluding hydrogens is 175 g/mol. The molecule has 0 aromatic rings. The summed E-state index contributed by atoms with van der Waals surface area (Å²) in [6.45, 7) is -0.105. The van der Waals surface area contributed by atoms with E-state index in [1.807, 2.05) is 0 Å². The van der Waals surface area contributed by atoms with E-state index in [0.29, 0.717) is 0 Å². The Morgan fingerprint density at radius 3 is 2.64 bits per heavy atom. The Hall–Kier alpha value is -0.200. The molecule has 1 heterocycles. The van der Waals surface area contributed by atoms with Crippen LogP contribution in [0.5, 0.6) is 0 Å². The van der Waals surface area contributed by atoms with Crippen LogP contribution in [-0.2, 0) is 19.0 Å². The van der Waals surface area contributed by atoms with Crippen LogP contribution in [0.1, 0.15) is 6.42 Å². The van der Waals surface area contributed by atoms with E-state index in [-0.39, 0.29) is 19.6 Å². The molecule has 0 aromatic carbocycles. The van der Waals surface area contributed by atoms with Gasteiger partial charge < -0.3 is 4.74 Å². The van der Waals surface area contributed by atoms with E-state index in [4.69, 9.17) is 0 Å². The topological polar surface area (TPSA) is 52.6 Å². The third-order valence-corrected chi connectivity index (χ3v) is 1.84. The molecule has 1 atom stereocenters. The Bertz CT molecular complexity index is 229. The molecule has 1 aliphatic heterocycles. The van der Waals surface area contributed by atoms with Gasteiger partial charge in [0.25, 0.3) is 16.0 Å². The number of rotatable bonds is 2.